The Morgan fingerprint density at radius 1 is 1.24 bits per heavy atom. The Kier molecular flexibility index (Phi) is 5.89. The summed E-state index contributed by atoms with van der Waals surface area (Å²) in [4.78, 5) is 26.1. The third-order valence-electron chi connectivity index (χ3n) is 4.41. The van der Waals surface area contributed by atoms with Crippen LogP contribution in [0.5, 0.6) is 0 Å². The Morgan fingerprint density at radius 2 is 1.88 bits per heavy atom. The van der Waals surface area contributed by atoms with Gasteiger partial charge in [-0.3, -0.25) is 10.1 Å². The molecule has 3 amide bonds. The first-order valence-corrected chi connectivity index (χ1v) is 8.01. The first kappa shape index (κ1) is 19.0. The Bertz CT molecular complexity index is 628. The number of alkyl halides is 3. The lowest BCUT2D eigenvalue weighted by Gasteiger charge is -2.36. The molecule has 1 aromatic carbocycles. The Morgan fingerprint density at radius 3 is 2.44 bits per heavy atom. The number of urea groups is 1. The summed E-state index contributed by atoms with van der Waals surface area (Å²) in [5.74, 6) is -0.373. The molecule has 9 heteroatoms. The third-order valence-corrected chi connectivity index (χ3v) is 4.41. The minimum absolute atomic E-state index is 0.373. The summed E-state index contributed by atoms with van der Waals surface area (Å²) in [5.41, 5.74) is -0.144. The van der Waals surface area contributed by atoms with Gasteiger partial charge < -0.3 is 15.1 Å². The summed E-state index contributed by atoms with van der Waals surface area (Å²) < 4.78 is 38.5. The fourth-order valence-electron chi connectivity index (χ4n) is 2.83. The molecule has 3 N–H and O–H groups in total. The zero-order valence-corrected chi connectivity index (χ0v) is 14.1. The molecular formula is C16H22F3N4O2+. The molecule has 25 heavy (non-hydrogen) atoms. The van der Waals surface area contributed by atoms with E-state index in [0.717, 1.165) is 17.0 Å². The highest BCUT2D eigenvalue weighted by Gasteiger charge is 2.33. The zero-order chi connectivity index (χ0) is 18.6. The number of carbonyl (C=O) groups excluding carboxylic acids is 2. The third kappa shape index (κ3) is 4.85. The number of carbonyl (C=O) groups is 2. The van der Waals surface area contributed by atoms with Crippen molar-refractivity contribution in [1.82, 2.24) is 10.6 Å². The van der Waals surface area contributed by atoms with E-state index in [1.807, 2.05) is 4.90 Å². The van der Waals surface area contributed by atoms with Crippen molar-refractivity contribution in [3.8, 4) is 0 Å². The minimum Gasteiger partial charge on any atom is -0.360 e. The largest absolute Gasteiger partial charge is 0.416 e. The monoisotopic (exact) mass is 359 g/mol. The van der Waals surface area contributed by atoms with Crippen LogP contribution in [0.2, 0.25) is 0 Å². The van der Waals surface area contributed by atoms with Crippen molar-refractivity contribution in [2.75, 3.05) is 38.1 Å². The number of nitrogens with one attached hydrogen (secondary N) is 3. The highest BCUT2D eigenvalue weighted by molar-refractivity contribution is 5.96. The van der Waals surface area contributed by atoms with Crippen LogP contribution in [-0.4, -0.2) is 51.2 Å². The number of amides is 3. The molecule has 1 heterocycles. The lowest BCUT2D eigenvalue weighted by atomic mass is 10.1. The van der Waals surface area contributed by atoms with E-state index in [1.165, 1.54) is 13.1 Å². The number of anilines is 1. The van der Waals surface area contributed by atoms with Crippen LogP contribution in [0.15, 0.2) is 24.3 Å². The van der Waals surface area contributed by atoms with Gasteiger partial charge in [-0.05, 0) is 25.1 Å². The second-order valence-electron chi connectivity index (χ2n) is 5.98. The number of nitrogens with zero attached hydrogens (tertiary/aromatic N) is 1. The quantitative estimate of drug-likeness (QED) is 0.725. The van der Waals surface area contributed by atoms with Crippen molar-refractivity contribution in [3.63, 3.8) is 0 Å². The van der Waals surface area contributed by atoms with Crippen molar-refractivity contribution in [1.29, 1.82) is 0 Å². The minimum atomic E-state index is -4.37. The topological polar surface area (TPSA) is 65.9 Å². The van der Waals surface area contributed by atoms with Crippen LogP contribution in [0.1, 0.15) is 12.5 Å². The molecule has 0 spiro atoms. The summed E-state index contributed by atoms with van der Waals surface area (Å²) in [6.45, 7) is 3.99. The van der Waals surface area contributed by atoms with Crippen molar-refractivity contribution < 1.29 is 27.7 Å². The van der Waals surface area contributed by atoms with Gasteiger partial charge >= 0.3 is 12.2 Å². The van der Waals surface area contributed by atoms with Gasteiger partial charge in [0.1, 0.15) is 0 Å². The van der Waals surface area contributed by atoms with Crippen LogP contribution in [0.3, 0.4) is 0 Å². The fourth-order valence-corrected chi connectivity index (χ4v) is 2.83. The maximum Gasteiger partial charge on any atom is 0.416 e. The van der Waals surface area contributed by atoms with Gasteiger partial charge in [0.15, 0.2) is 6.04 Å². The molecule has 1 saturated heterocycles. The van der Waals surface area contributed by atoms with Gasteiger partial charge in [0.2, 0.25) is 0 Å². The highest BCUT2D eigenvalue weighted by Crippen LogP contribution is 2.31. The average Bonchev–Trinajstić information content (AvgIpc) is 2.60. The smallest absolute Gasteiger partial charge is 0.360 e. The van der Waals surface area contributed by atoms with Crippen LogP contribution >= 0.6 is 0 Å². The van der Waals surface area contributed by atoms with Gasteiger partial charge in [-0.2, -0.15) is 13.2 Å². The standard InChI is InChI=1S/C16H21F3N4O2/c1-11(14(24)21-15(25)20-2)22-6-8-23(9-7-22)13-5-3-4-12(10-13)16(17,18)19/h3-5,10-11H,6-9H2,1-2H3,(H2,20,21,24,25)/p+1/t11-/m0/s1. The number of hydrogen-bond acceptors (Lipinski definition) is 3. The second-order valence-corrected chi connectivity index (χ2v) is 5.98. The maximum absolute atomic E-state index is 12.8. The molecule has 0 aromatic heterocycles. The Labute approximate surface area is 144 Å². The van der Waals surface area contributed by atoms with Crippen molar-refractivity contribution in [2.24, 2.45) is 0 Å². The molecule has 0 saturated carbocycles. The Balaban J connectivity index is 1.95. The molecule has 0 radical (unpaired) electrons. The van der Waals surface area contributed by atoms with E-state index in [-0.39, 0.29) is 5.91 Å². The summed E-state index contributed by atoms with van der Waals surface area (Å²) in [5, 5.41) is 4.56. The van der Waals surface area contributed by atoms with Gasteiger partial charge in [-0.1, -0.05) is 6.07 Å². The predicted molar refractivity (Wildman–Crippen MR) is 86.4 cm³/mol. The molecular weight excluding hydrogens is 337 g/mol. The average molecular weight is 359 g/mol. The van der Waals surface area contributed by atoms with E-state index in [1.54, 1.807) is 13.0 Å². The number of halogens is 3. The van der Waals surface area contributed by atoms with Crippen LogP contribution in [0.25, 0.3) is 0 Å². The number of quaternary nitrogens is 1. The SMILES string of the molecule is CNC(=O)NC(=O)[C@H](C)[NH+]1CCN(c2cccc(C(F)(F)F)c2)CC1. The summed E-state index contributed by atoms with van der Waals surface area (Å²) in [7, 11) is 1.42. The predicted octanol–water partition coefficient (Wildman–Crippen LogP) is 0.254. The lowest BCUT2D eigenvalue weighted by Crippen LogP contribution is -3.19. The van der Waals surface area contributed by atoms with E-state index < -0.39 is 23.8 Å². The summed E-state index contributed by atoms with van der Waals surface area (Å²) >= 11 is 0. The molecule has 2 rings (SSSR count). The molecule has 1 atom stereocenters. The summed E-state index contributed by atoms with van der Waals surface area (Å²) in [6, 6.07) is 4.28. The van der Waals surface area contributed by atoms with Gasteiger partial charge in [-0.25, -0.2) is 4.79 Å². The van der Waals surface area contributed by atoms with Crippen molar-refractivity contribution in [2.45, 2.75) is 19.1 Å². The summed E-state index contributed by atoms with van der Waals surface area (Å²) in [6.07, 6.45) is -4.37. The maximum atomic E-state index is 12.8. The van der Waals surface area contributed by atoms with E-state index in [2.05, 4.69) is 10.6 Å². The fraction of sp³-hybridized carbons (Fsp3) is 0.500. The zero-order valence-electron chi connectivity index (χ0n) is 14.1. The van der Waals surface area contributed by atoms with Crippen LogP contribution in [0, 0.1) is 0 Å². The van der Waals surface area contributed by atoms with Crippen LogP contribution < -0.4 is 20.4 Å². The molecule has 0 aliphatic carbocycles. The highest BCUT2D eigenvalue weighted by atomic mass is 19.4. The Hall–Kier alpha value is -2.29. The van der Waals surface area contributed by atoms with Crippen LogP contribution in [-0.2, 0) is 11.0 Å². The van der Waals surface area contributed by atoms with E-state index >= 15 is 0 Å². The number of piperazine rings is 1. The lowest BCUT2D eigenvalue weighted by molar-refractivity contribution is -0.914. The molecule has 1 aliphatic rings. The molecule has 0 bridgehead atoms. The van der Waals surface area contributed by atoms with Gasteiger partial charge in [0, 0.05) is 12.7 Å². The number of benzene rings is 1. The van der Waals surface area contributed by atoms with Gasteiger partial charge in [0.05, 0.1) is 31.7 Å². The van der Waals surface area contributed by atoms with Crippen LogP contribution in [0.4, 0.5) is 23.7 Å². The molecule has 6 nitrogen and oxygen atoms in total. The normalized spacial score (nSPS) is 17.1. The van der Waals surface area contributed by atoms with Crippen molar-refractivity contribution >= 4 is 17.6 Å². The molecule has 0 unspecified atom stereocenters. The van der Waals surface area contributed by atoms with E-state index in [4.69, 9.17) is 0 Å². The number of hydrogen-bond donors (Lipinski definition) is 3. The van der Waals surface area contributed by atoms with E-state index in [9.17, 15) is 22.8 Å². The van der Waals surface area contributed by atoms with Gasteiger partial charge in [-0.15, -0.1) is 0 Å². The molecule has 138 valence electrons. The first-order valence-electron chi connectivity index (χ1n) is 8.01. The molecule has 1 aliphatic heterocycles. The number of rotatable bonds is 3. The van der Waals surface area contributed by atoms with E-state index in [0.29, 0.717) is 31.9 Å². The number of imide groups is 1. The molecule has 1 aromatic rings. The van der Waals surface area contributed by atoms with Crippen molar-refractivity contribution in [3.05, 3.63) is 29.8 Å². The van der Waals surface area contributed by atoms with Gasteiger partial charge in [0.25, 0.3) is 5.91 Å². The second kappa shape index (κ2) is 7.73. The molecule has 1 fully saturated rings. The first-order chi connectivity index (χ1) is 11.7.